The highest BCUT2D eigenvalue weighted by Crippen LogP contribution is 2.23. The molecule has 92 valence electrons. The van der Waals surface area contributed by atoms with E-state index in [1.165, 1.54) is 5.69 Å². The van der Waals surface area contributed by atoms with Gasteiger partial charge in [-0.3, -0.25) is 9.78 Å². The van der Waals surface area contributed by atoms with Crippen molar-refractivity contribution in [2.75, 3.05) is 11.4 Å². The quantitative estimate of drug-likeness (QED) is 0.843. The number of nitrogens with one attached hydrogen (secondary N) is 1. The van der Waals surface area contributed by atoms with Gasteiger partial charge < -0.3 is 10.2 Å². The fourth-order valence-corrected chi connectivity index (χ4v) is 2.51. The second-order valence-corrected chi connectivity index (χ2v) is 4.67. The lowest BCUT2D eigenvalue weighted by molar-refractivity contribution is -0.119. The van der Waals surface area contributed by atoms with Gasteiger partial charge in [0.05, 0.1) is 0 Å². The summed E-state index contributed by atoms with van der Waals surface area (Å²) in [5.74, 6) is 0.0690. The van der Waals surface area contributed by atoms with E-state index >= 15 is 0 Å². The van der Waals surface area contributed by atoms with Crippen LogP contribution in [0.3, 0.4) is 0 Å². The minimum atomic E-state index is 0.0690. The van der Waals surface area contributed by atoms with Crippen LogP contribution < -0.4 is 10.2 Å². The minimum Gasteiger partial charge on any atom is -0.369 e. The first-order valence-corrected chi connectivity index (χ1v) is 6.10. The molecule has 2 heterocycles. The molecule has 0 spiro atoms. The van der Waals surface area contributed by atoms with Gasteiger partial charge in [0.2, 0.25) is 5.91 Å². The monoisotopic (exact) mass is 233 g/mol. The van der Waals surface area contributed by atoms with Crippen LogP contribution in [0.5, 0.6) is 0 Å². The van der Waals surface area contributed by atoms with Crippen molar-refractivity contribution in [3.8, 4) is 0 Å². The molecule has 0 saturated carbocycles. The van der Waals surface area contributed by atoms with E-state index in [0.717, 1.165) is 19.4 Å². The molecule has 0 radical (unpaired) electrons. The molecule has 0 aromatic carbocycles. The molecule has 0 aliphatic carbocycles. The number of piperidine rings is 1. The lowest BCUT2D eigenvalue weighted by Gasteiger charge is -2.39. The summed E-state index contributed by atoms with van der Waals surface area (Å²) in [6.07, 6.45) is 5.65. The first-order chi connectivity index (χ1) is 8.16. The normalized spacial score (nSPS) is 24.5. The Hall–Kier alpha value is -1.58. The molecule has 1 N–H and O–H groups in total. The predicted octanol–water partition coefficient (Wildman–Crippen LogP) is 1.57. The van der Waals surface area contributed by atoms with E-state index in [1.807, 2.05) is 24.5 Å². The Morgan fingerprint density at radius 1 is 1.47 bits per heavy atom. The van der Waals surface area contributed by atoms with Crippen LogP contribution in [0.4, 0.5) is 5.69 Å². The molecule has 2 rings (SSSR count). The Morgan fingerprint density at radius 3 is 2.76 bits per heavy atom. The van der Waals surface area contributed by atoms with E-state index in [9.17, 15) is 4.79 Å². The highest BCUT2D eigenvalue weighted by Gasteiger charge is 2.25. The number of carbonyl (C=O) groups is 1. The highest BCUT2D eigenvalue weighted by molar-refractivity contribution is 5.73. The lowest BCUT2D eigenvalue weighted by atomic mass is 9.97. The molecule has 0 bridgehead atoms. The fourth-order valence-electron chi connectivity index (χ4n) is 2.51. The van der Waals surface area contributed by atoms with Crippen molar-refractivity contribution in [2.45, 2.75) is 38.8 Å². The van der Waals surface area contributed by atoms with E-state index < -0.39 is 0 Å². The van der Waals surface area contributed by atoms with Crippen molar-refractivity contribution in [3.05, 3.63) is 24.5 Å². The van der Waals surface area contributed by atoms with Crippen molar-refractivity contribution in [1.82, 2.24) is 10.3 Å². The molecule has 4 nitrogen and oxygen atoms in total. The summed E-state index contributed by atoms with van der Waals surface area (Å²) in [6, 6.07) is 4.84. The molecule has 1 aromatic rings. The summed E-state index contributed by atoms with van der Waals surface area (Å²) >= 11 is 0. The number of amides is 1. The van der Waals surface area contributed by atoms with E-state index in [2.05, 4.69) is 22.1 Å². The summed E-state index contributed by atoms with van der Waals surface area (Å²) in [5.41, 5.74) is 1.22. The summed E-state index contributed by atoms with van der Waals surface area (Å²) in [4.78, 5) is 17.4. The van der Waals surface area contributed by atoms with Gasteiger partial charge in [-0.1, -0.05) is 0 Å². The molecule has 1 aromatic heterocycles. The van der Waals surface area contributed by atoms with Crippen LogP contribution in [0.15, 0.2) is 24.5 Å². The molecule has 1 aliphatic heterocycles. The number of carbonyl (C=O) groups excluding carboxylic acids is 1. The van der Waals surface area contributed by atoms with Gasteiger partial charge in [0, 0.05) is 43.6 Å². The molecule has 1 saturated heterocycles. The number of nitrogens with zero attached hydrogens (tertiary/aromatic N) is 2. The fraction of sp³-hybridized carbons (Fsp3) is 0.538. The molecule has 1 aliphatic rings. The Balaban J connectivity index is 1.99. The van der Waals surface area contributed by atoms with E-state index in [1.54, 1.807) is 6.92 Å². The summed E-state index contributed by atoms with van der Waals surface area (Å²) < 4.78 is 0. The summed E-state index contributed by atoms with van der Waals surface area (Å²) in [6.45, 7) is 4.77. The second kappa shape index (κ2) is 5.17. The number of rotatable bonds is 2. The van der Waals surface area contributed by atoms with Crippen LogP contribution >= 0.6 is 0 Å². The minimum absolute atomic E-state index is 0.0690. The zero-order valence-electron chi connectivity index (χ0n) is 10.4. The Labute approximate surface area is 102 Å². The Bertz CT molecular complexity index is 380. The van der Waals surface area contributed by atoms with Crippen molar-refractivity contribution in [1.29, 1.82) is 0 Å². The van der Waals surface area contributed by atoms with Crippen molar-refractivity contribution in [3.63, 3.8) is 0 Å². The highest BCUT2D eigenvalue weighted by atomic mass is 16.1. The number of anilines is 1. The number of hydrogen-bond acceptors (Lipinski definition) is 3. The van der Waals surface area contributed by atoms with E-state index in [4.69, 9.17) is 0 Å². The molecule has 17 heavy (non-hydrogen) atoms. The number of pyridine rings is 1. The molecule has 2 atom stereocenters. The Morgan fingerprint density at radius 2 is 2.18 bits per heavy atom. The SMILES string of the molecule is CC(=O)NC1CCN(c2ccncc2)C(C)C1. The summed E-state index contributed by atoms with van der Waals surface area (Å²) in [7, 11) is 0. The first kappa shape index (κ1) is 11.9. The van der Waals surface area contributed by atoms with Gasteiger partial charge in [-0.05, 0) is 31.9 Å². The average molecular weight is 233 g/mol. The zero-order chi connectivity index (χ0) is 12.3. The first-order valence-electron chi connectivity index (χ1n) is 6.10. The van der Waals surface area contributed by atoms with Crippen LogP contribution in [0.25, 0.3) is 0 Å². The standard InChI is InChI=1S/C13H19N3O/c1-10-9-12(15-11(2)17)5-8-16(10)13-3-6-14-7-4-13/h3-4,6-7,10,12H,5,8-9H2,1-2H3,(H,15,17). The molecule has 1 fully saturated rings. The van der Waals surface area contributed by atoms with Crippen molar-refractivity contribution in [2.24, 2.45) is 0 Å². The smallest absolute Gasteiger partial charge is 0.217 e. The largest absolute Gasteiger partial charge is 0.369 e. The second-order valence-electron chi connectivity index (χ2n) is 4.67. The van der Waals surface area contributed by atoms with Gasteiger partial charge in [0.15, 0.2) is 0 Å². The average Bonchev–Trinajstić information content (AvgIpc) is 2.29. The maximum Gasteiger partial charge on any atom is 0.217 e. The number of hydrogen-bond donors (Lipinski definition) is 1. The van der Waals surface area contributed by atoms with Gasteiger partial charge in [0.25, 0.3) is 0 Å². The number of aromatic nitrogens is 1. The third-order valence-electron chi connectivity index (χ3n) is 3.28. The topological polar surface area (TPSA) is 45.2 Å². The van der Waals surface area contributed by atoms with Crippen LogP contribution in [-0.2, 0) is 4.79 Å². The van der Waals surface area contributed by atoms with Crippen molar-refractivity contribution < 1.29 is 4.79 Å². The maximum absolute atomic E-state index is 11.0. The molecule has 2 unspecified atom stereocenters. The van der Waals surface area contributed by atoms with E-state index in [0.29, 0.717) is 12.1 Å². The van der Waals surface area contributed by atoms with Crippen LogP contribution in [0.2, 0.25) is 0 Å². The zero-order valence-corrected chi connectivity index (χ0v) is 10.4. The van der Waals surface area contributed by atoms with Gasteiger partial charge in [-0.15, -0.1) is 0 Å². The Kier molecular flexibility index (Phi) is 3.61. The van der Waals surface area contributed by atoms with Crippen LogP contribution in [0, 0.1) is 0 Å². The predicted molar refractivity (Wildman–Crippen MR) is 67.9 cm³/mol. The van der Waals surface area contributed by atoms with E-state index in [-0.39, 0.29) is 5.91 Å². The van der Waals surface area contributed by atoms with Crippen molar-refractivity contribution >= 4 is 11.6 Å². The van der Waals surface area contributed by atoms with Crippen LogP contribution in [0.1, 0.15) is 26.7 Å². The van der Waals surface area contributed by atoms with Gasteiger partial charge in [-0.25, -0.2) is 0 Å². The van der Waals surface area contributed by atoms with Gasteiger partial charge in [-0.2, -0.15) is 0 Å². The maximum atomic E-state index is 11.0. The van der Waals surface area contributed by atoms with Gasteiger partial charge in [0.1, 0.15) is 0 Å². The third-order valence-corrected chi connectivity index (χ3v) is 3.28. The van der Waals surface area contributed by atoms with Gasteiger partial charge >= 0.3 is 0 Å². The molecule has 1 amide bonds. The summed E-state index contributed by atoms with van der Waals surface area (Å²) in [5, 5.41) is 3.01. The molecule has 4 heteroatoms. The van der Waals surface area contributed by atoms with Crippen LogP contribution in [-0.4, -0.2) is 29.5 Å². The lowest BCUT2D eigenvalue weighted by Crippen LogP contribution is -2.48. The third kappa shape index (κ3) is 2.96. The molecular formula is C13H19N3O. The molecular weight excluding hydrogens is 214 g/mol.